The molecular weight excluding hydrogens is 386 g/mol. The summed E-state index contributed by atoms with van der Waals surface area (Å²) in [6, 6.07) is 11.6. The zero-order chi connectivity index (χ0) is 22.1. The average molecular weight is 422 g/mol. The number of hydrogen-bond acceptors (Lipinski definition) is 5. The summed E-state index contributed by atoms with van der Waals surface area (Å²) < 4.78 is 0. The third-order valence-corrected chi connectivity index (χ3v) is 6.48. The van der Waals surface area contributed by atoms with Gasteiger partial charge in [0, 0.05) is 37.8 Å². The quantitative estimate of drug-likeness (QED) is 0.680. The summed E-state index contributed by atoms with van der Waals surface area (Å²) in [5, 5.41) is 14.9. The molecule has 31 heavy (non-hydrogen) atoms. The highest BCUT2D eigenvalue weighted by Crippen LogP contribution is 2.51. The van der Waals surface area contributed by atoms with E-state index < -0.39 is 0 Å². The van der Waals surface area contributed by atoms with Crippen molar-refractivity contribution >= 4 is 17.4 Å². The molecule has 0 unspecified atom stereocenters. The Morgan fingerprint density at radius 1 is 1.10 bits per heavy atom. The third kappa shape index (κ3) is 5.62. The van der Waals surface area contributed by atoms with E-state index in [-0.39, 0.29) is 5.91 Å². The normalized spacial score (nSPS) is 18.3. The molecule has 1 aliphatic carbocycles. The molecule has 1 aromatic carbocycles. The van der Waals surface area contributed by atoms with Crippen molar-refractivity contribution in [2.45, 2.75) is 47.0 Å². The number of nitrogens with one attached hydrogen (secondary N) is 2. The van der Waals surface area contributed by atoms with Gasteiger partial charge >= 0.3 is 0 Å². The van der Waals surface area contributed by atoms with E-state index in [1.807, 2.05) is 36.4 Å². The van der Waals surface area contributed by atoms with Crippen LogP contribution in [0.1, 0.15) is 47.0 Å². The Morgan fingerprint density at radius 3 is 2.39 bits per heavy atom. The maximum atomic E-state index is 11.1. The highest BCUT2D eigenvalue weighted by molar-refractivity contribution is 5.88. The monoisotopic (exact) mass is 421 g/mol. The number of rotatable bonds is 7. The predicted octanol–water partition coefficient (Wildman–Crippen LogP) is 4.66. The lowest BCUT2D eigenvalue weighted by atomic mass is 9.57. The lowest BCUT2D eigenvalue weighted by molar-refractivity contribution is -0.114. The van der Waals surface area contributed by atoms with Gasteiger partial charge in [0.25, 0.3) is 0 Å². The highest BCUT2D eigenvalue weighted by atomic mass is 16.1. The summed E-state index contributed by atoms with van der Waals surface area (Å²) >= 11 is 0. The van der Waals surface area contributed by atoms with Gasteiger partial charge in [-0.3, -0.25) is 4.79 Å². The number of carbonyl (C=O) groups excluding carboxylic acids is 1. The first-order valence-corrected chi connectivity index (χ1v) is 11.4. The zero-order valence-corrected chi connectivity index (χ0v) is 19.2. The molecule has 6 nitrogen and oxygen atoms in total. The Bertz CT molecular complexity index is 887. The Balaban J connectivity index is 1.19. The van der Waals surface area contributed by atoms with Crippen LogP contribution in [0.15, 0.2) is 36.4 Å². The predicted molar refractivity (Wildman–Crippen MR) is 126 cm³/mol. The highest BCUT2D eigenvalue weighted by Gasteiger charge is 2.51. The van der Waals surface area contributed by atoms with Crippen molar-refractivity contribution in [3.05, 3.63) is 36.4 Å². The standard InChI is InChI=1S/C25H35N5O/c1-18(31)27-21-7-5-20(6-8-21)22-9-10-23(29-28-22)26-15-19-13-25(14-19)16-30(17-25)12-11-24(2,3)4/h5-10,19H,11-17H2,1-4H3,(H,26,29)(H,27,31). The number of carbonyl (C=O) groups is 1. The first kappa shape index (κ1) is 21.8. The summed E-state index contributed by atoms with van der Waals surface area (Å²) in [6.07, 6.45) is 3.94. The van der Waals surface area contributed by atoms with Crippen LogP contribution in [0.5, 0.6) is 0 Å². The summed E-state index contributed by atoms with van der Waals surface area (Å²) in [5.41, 5.74) is 3.62. The number of hydrogen-bond donors (Lipinski definition) is 2. The Morgan fingerprint density at radius 2 is 1.81 bits per heavy atom. The van der Waals surface area contributed by atoms with E-state index in [0.717, 1.165) is 35.2 Å². The third-order valence-electron chi connectivity index (χ3n) is 6.48. The van der Waals surface area contributed by atoms with Gasteiger partial charge < -0.3 is 15.5 Å². The first-order chi connectivity index (χ1) is 14.7. The largest absolute Gasteiger partial charge is 0.368 e. The number of amides is 1. The van der Waals surface area contributed by atoms with Gasteiger partial charge in [-0.2, -0.15) is 0 Å². The van der Waals surface area contributed by atoms with E-state index in [2.05, 4.69) is 46.5 Å². The number of nitrogens with zero attached hydrogens (tertiary/aromatic N) is 3. The summed E-state index contributed by atoms with van der Waals surface area (Å²) in [4.78, 5) is 13.8. The van der Waals surface area contributed by atoms with Gasteiger partial charge in [0.2, 0.25) is 5.91 Å². The van der Waals surface area contributed by atoms with E-state index in [1.54, 1.807) is 0 Å². The fraction of sp³-hybridized carbons (Fsp3) is 0.560. The Hall–Kier alpha value is -2.47. The number of anilines is 2. The van der Waals surface area contributed by atoms with Crippen LogP contribution in [-0.4, -0.2) is 47.2 Å². The minimum absolute atomic E-state index is 0.0736. The van der Waals surface area contributed by atoms with Crippen LogP contribution in [0.3, 0.4) is 0 Å². The molecule has 6 heteroatoms. The molecule has 2 heterocycles. The number of likely N-dealkylation sites (tertiary alicyclic amines) is 1. The Kier molecular flexibility index (Phi) is 6.02. The van der Waals surface area contributed by atoms with Gasteiger partial charge in [-0.15, -0.1) is 10.2 Å². The molecule has 1 spiro atoms. The van der Waals surface area contributed by atoms with Crippen molar-refractivity contribution in [2.75, 3.05) is 36.8 Å². The average Bonchev–Trinajstić information content (AvgIpc) is 2.65. The van der Waals surface area contributed by atoms with Crippen molar-refractivity contribution in [1.82, 2.24) is 15.1 Å². The fourth-order valence-corrected chi connectivity index (χ4v) is 4.88. The van der Waals surface area contributed by atoms with Crippen molar-refractivity contribution in [2.24, 2.45) is 16.7 Å². The minimum Gasteiger partial charge on any atom is -0.368 e. The maximum absolute atomic E-state index is 11.1. The number of benzene rings is 1. The molecule has 2 fully saturated rings. The van der Waals surface area contributed by atoms with Crippen molar-refractivity contribution in [1.29, 1.82) is 0 Å². The van der Waals surface area contributed by atoms with E-state index >= 15 is 0 Å². The molecule has 1 aliphatic heterocycles. The van der Waals surface area contributed by atoms with Crippen LogP contribution in [0.4, 0.5) is 11.5 Å². The molecule has 1 amide bonds. The summed E-state index contributed by atoms with van der Waals surface area (Å²) in [6.45, 7) is 13.3. The zero-order valence-electron chi connectivity index (χ0n) is 19.2. The van der Waals surface area contributed by atoms with Gasteiger partial charge in [-0.1, -0.05) is 32.9 Å². The van der Waals surface area contributed by atoms with Crippen molar-refractivity contribution in [3.63, 3.8) is 0 Å². The lowest BCUT2D eigenvalue weighted by Crippen LogP contribution is -2.63. The van der Waals surface area contributed by atoms with Crippen LogP contribution in [-0.2, 0) is 4.79 Å². The molecule has 4 rings (SSSR count). The molecule has 2 aromatic rings. The molecule has 2 aliphatic rings. The Labute approximate surface area is 185 Å². The number of aromatic nitrogens is 2. The van der Waals surface area contributed by atoms with Crippen LogP contribution < -0.4 is 10.6 Å². The van der Waals surface area contributed by atoms with Crippen LogP contribution in [0.25, 0.3) is 11.3 Å². The second-order valence-corrected chi connectivity index (χ2v) is 10.7. The van der Waals surface area contributed by atoms with Gasteiger partial charge in [0.05, 0.1) is 5.69 Å². The molecule has 0 radical (unpaired) electrons. The summed E-state index contributed by atoms with van der Waals surface area (Å²) in [7, 11) is 0. The topological polar surface area (TPSA) is 70.2 Å². The SMILES string of the molecule is CC(=O)Nc1ccc(-c2ccc(NCC3CC4(C3)CN(CCC(C)(C)C)C4)nn2)cc1. The van der Waals surface area contributed by atoms with Crippen molar-refractivity contribution in [3.8, 4) is 11.3 Å². The van der Waals surface area contributed by atoms with Crippen LogP contribution in [0, 0.1) is 16.7 Å². The smallest absolute Gasteiger partial charge is 0.221 e. The fourth-order valence-electron chi connectivity index (χ4n) is 4.88. The maximum Gasteiger partial charge on any atom is 0.221 e. The summed E-state index contributed by atoms with van der Waals surface area (Å²) in [5.74, 6) is 1.50. The molecule has 1 saturated heterocycles. The first-order valence-electron chi connectivity index (χ1n) is 11.4. The molecule has 1 saturated carbocycles. The van der Waals surface area contributed by atoms with Crippen molar-refractivity contribution < 1.29 is 4.79 Å². The molecule has 1 aromatic heterocycles. The molecular formula is C25H35N5O. The molecule has 166 valence electrons. The molecule has 0 bridgehead atoms. The molecule has 2 N–H and O–H groups in total. The van der Waals surface area contributed by atoms with E-state index in [9.17, 15) is 4.79 Å². The van der Waals surface area contributed by atoms with E-state index in [0.29, 0.717) is 10.8 Å². The van der Waals surface area contributed by atoms with Gasteiger partial charge in [-0.25, -0.2) is 0 Å². The van der Waals surface area contributed by atoms with Gasteiger partial charge in [0.15, 0.2) is 0 Å². The second-order valence-electron chi connectivity index (χ2n) is 10.7. The van der Waals surface area contributed by atoms with Crippen LogP contribution in [0.2, 0.25) is 0 Å². The molecule has 0 atom stereocenters. The van der Waals surface area contributed by atoms with Crippen LogP contribution >= 0.6 is 0 Å². The van der Waals surface area contributed by atoms with Gasteiger partial charge in [-0.05, 0) is 66.8 Å². The van der Waals surface area contributed by atoms with E-state index in [4.69, 9.17) is 0 Å². The van der Waals surface area contributed by atoms with Gasteiger partial charge in [0.1, 0.15) is 5.82 Å². The van der Waals surface area contributed by atoms with E-state index in [1.165, 1.54) is 45.8 Å². The minimum atomic E-state index is -0.0736. The second kappa shape index (κ2) is 8.58. The lowest BCUT2D eigenvalue weighted by Gasteiger charge is -2.59.